The zero-order valence-corrected chi connectivity index (χ0v) is 15.4. The third-order valence-electron chi connectivity index (χ3n) is 4.75. The summed E-state index contributed by atoms with van der Waals surface area (Å²) in [6.45, 7) is 5.57. The van der Waals surface area contributed by atoms with E-state index in [9.17, 15) is 0 Å². The number of nitrogens with zero attached hydrogens (tertiary/aromatic N) is 6. The summed E-state index contributed by atoms with van der Waals surface area (Å²) in [5.74, 6) is 2.42. The normalized spacial score (nSPS) is 15.4. The lowest BCUT2D eigenvalue weighted by atomic mass is 10.1. The van der Waals surface area contributed by atoms with Crippen LogP contribution in [-0.4, -0.2) is 46.3 Å². The zero-order valence-electron chi connectivity index (χ0n) is 15.4. The van der Waals surface area contributed by atoms with Crippen molar-refractivity contribution >= 4 is 17.6 Å². The number of pyridine rings is 1. The minimum absolute atomic E-state index is 0.150. The van der Waals surface area contributed by atoms with Crippen molar-refractivity contribution in [2.45, 2.75) is 13.0 Å². The maximum Gasteiger partial charge on any atom is 0.247 e. The zero-order chi connectivity index (χ0) is 18.5. The molecule has 1 aliphatic heterocycles. The Morgan fingerprint density at radius 1 is 0.926 bits per heavy atom. The van der Waals surface area contributed by atoms with Crippen LogP contribution in [0.1, 0.15) is 18.5 Å². The summed E-state index contributed by atoms with van der Waals surface area (Å²) in [7, 11) is 0. The van der Waals surface area contributed by atoms with E-state index in [1.165, 1.54) is 5.56 Å². The van der Waals surface area contributed by atoms with Gasteiger partial charge in [-0.3, -0.25) is 0 Å². The van der Waals surface area contributed by atoms with Crippen LogP contribution in [0.2, 0.25) is 0 Å². The molecule has 7 nitrogen and oxygen atoms in total. The molecule has 27 heavy (non-hydrogen) atoms. The van der Waals surface area contributed by atoms with Gasteiger partial charge in [-0.25, -0.2) is 4.98 Å². The Hall–Kier alpha value is -3.22. The lowest BCUT2D eigenvalue weighted by molar-refractivity contribution is 0.629. The molecule has 1 unspecified atom stereocenters. The molecule has 1 aliphatic rings. The SMILES string of the molecule is CC(Nc1cnnc(N2CCN(c3ccccn3)CC2)n1)c1ccccc1. The molecule has 7 heteroatoms. The highest BCUT2D eigenvalue weighted by Crippen LogP contribution is 2.19. The second-order valence-corrected chi connectivity index (χ2v) is 6.58. The van der Waals surface area contributed by atoms with Gasteiger partial charge in [0.25, 0.3) is 0 Å². The van der Waals surface area contributed by atoms with Gasteiger partial charge in [0.05, 0.1) is 6.20 Å². The van der Waals surface area contributed by atoms with E-state index in [4.69, 9.17) is 0 Å². The Balaban J connectivity index is 1.40. The summed E-state index contributed by atoms with van der Waals surface area (Å²) in [5, 5.41) is 11.8. The molecule has 3 heterocycles. The van der Waals surface area contributed by atoms with Crippen LogP contribution in [0.3, 0.4) is 0 Å². The van der Waals surface area contributed by atoms with Gasteiger partial charge in [0.2, 0.25) is 5.95 Å². The summed E-state index contributed by atoms with van der Waals surface area (Å²) >= 11 is 0. The molecule has 0 bridgehead atoms. The molecule has 138 valence electrons. The van der Waals surface area contributed by atoms with Crippen molar-refractivity contribution in [2.75, 3.05) is 41.3 Å². The Morgan fingerprint density at radius 2 is 1.67 bits per heavy atom. The van der Waals surface area contributed by atoms with Crippen LogP contribution < -0.4 is 15.1 Å². The monoisotopic (exact) mass is 361 g/mol. The van der Waals surface area contributed by atoms with Gasteiger partial charge in [-0.05, 0) is 24.6 Å². The van der Waals surface area contributed by atoms with Crippen molar-refractivity contribution in [1.29, 1.82) is 0 Å². The van der Waals surface area contributed by atoms with Crippen LogP contribution in [-0.2, 0) is 0 Å². The number of hydrogen-bond acceptors (Lipinski definition) is 7. The Labute approximate surface area is 159 Å². The highest BCUT2D eigenvalue weighted by molar-refractivity contribution is 5.44. The van der Waals surface area contributed by atoms with E-state index in [2.05, 4.69) is 54.3 Å². The molecule has 0 aliphatic carbocycles. The molecule has 1 aromatic carbocycles. The van der Waals surface area contributed by atoms with Crippen molar-refractivity contribution in [3.05, 3.63) is 66.5 Å². The van der Waals surface area contributed by atoms with Crippen LogP contribution in [0, 0.1) is 0 Å². The fraction of sp³-hybridized carbons (Fsp3) is 0.300. The van der Waals surface area contributed by atoms with Crippen LogP contribution in [0.4, 0.5) is 17.6 Å². The fourth-order valence-corrected chi connectivity index (χ4v) is 3.22. The molecule has 1 atom stereocenters. The average molecular weight is 361 g/mol. The first-order valence-corrected chi connectivity index (χ1v) is 9.22. The van der Waals surface area contributed by atoms with Gasteiger partial charge in [-0.2, -0.15) is 10.1 Å². The Kier molecular flexibility index (Phi) is 5.09. The van der Waals surface area contributed by atoms with Crippen LogP contribution in [0.25, 0.3) is 0 Å². The summed E-state index contributed by atoms with van der Waals surface area (Å²) in [4.78, 5) is 13.5. The van der Waals surface area contributed by atoms with Gasteiger partial charge >= 0.3 is 0 Å². The van der Waals surface area contributed by atoms with Gasteiger partial charge in [0.15, 0.2) is 5.82 Å². The van der Waals surface area contributed by atoms with Crippen molar-refractivity contribution < 1.29 is 0 Å². The molecule has 3 aromatic rings. The molecule has 0 saturated carbocycles. The molecular formula is C20H23N7. The minimum atomic E-state index is 0.150. The predicted molar refractivity (Wildman–Crippen MR) is 107 cm³/mol. The number of nitrogens with one attached hydrogen (secondary N) is 1. The van der Waals surface area contributed by atoms with Gasteiger partial charge < -0.3 is 15.1 Å². The minimum Gasteiger partial charge on any atom is -0.362 e. The topological polar surface area (TPSA) is 70.1 Å². The first-order valence-electron chi connectivity index (χ1n) is 9.22. The van der Waals surface area contributed by atoms with E-state index in [1.807, 2.05) is 42.6 Å². The van der Waals surface area contributed by atoms with Crippen LogP contribution >= 0.6 is 0 Å². The summed E-state index contributed by atoms with van der Waals surface area (Å²) in [6.07, 6.45) is 3.50. The molecule has 1 N–H and O–H groups in total. The third kappa shape index (κ3) is 4.13. The van der Waals surface area contributed by atoms with Crippen molar-refractivity contribution in [3.8, 4) is 0 Å². The molecule has 0 spiro atoms. The number of piperazine rings is 1. The van der Waals surface area contributed by atoms with Crippen molar-refractivity contribution in [3.63, 3.8) is 0 Å². The number of rotatable bonds is 5. The molecule has 4 rings (SSSR count). The van der Waals surface area contributed by atoms with E-state index in [0.29, 0.717) is 5.95 Å². The van der Waals surface area contributed by atoms with Crippen molar-refractivity contribution in [2.24, 2.45) is 0 Å². The molecule has 0 amide bonds. The first kappa shape index (κ1) is 17.2. The van der Waals surface area contributed by atoms with E-state index in [-0.39, 0.29) is 6.04 Å². The highest BCUT2D eigenvalue weighted by Gasteiger charge is 2.20. The smallest absolute Gasteiger partial charge is 0.247 e. The molecule has 1 saturated heterocycles. The van der Waals surface area contributed by atoms with Crippen molar-refractivity contribution in [1.82, 2.24) is 20.2 Å². The lowest BCUT2D eigenvalue weighted by Gasteiger charge is -2.35. The Bertz CT molecular complexity index is 848. The highest BCUT2D eigenvalue weighted by atomic mass is 15.4. The number of benzene rings is 1. The summed E-state index contributed by atoms with van der Waals surface area (Å²) in [5.41, 5.74) is 1.21. The Morgan fingerprint density at radius 3 is 2.41 bits per heavy atom. The van der Waals surface area contributed by atoms with Crippen LogP contribution in [0.5, 0.6) is 0 Å². The maximum absolute atomic E-state index is 4.67. The fourth-order valence-electron chi connectivity index (χ4n) is 3.22. The number of hydrogen-bond donors (Lipinski definition) is 1. The lowest BCUT2D eigenvalue weighted by Crippen LogP contribution is -2.47. The second-order valence-electron chi connectivity index (χ2n) is 6.58. The number of aromatic nitrogens is 4. The quantitative estimate of drug-likeness (QED) is 0.749. The van der Waals surface area contributed by atoms with E-state index in [1.54, 1.807) is 6.20 Å². The molecule has 0 radical (unpaired) electrons. The molecule has 1 fully saturated rings. The van der Waals surface area contributed by atoms with E-state index >= 15 is 0 Å². The second kappa shape index (κ2) is 7.99. The van der Waals surface area contributed by atoms with E-state index < -0.39 is 0 Å². The van der Waals surface area contributed by atoms with Gasteiger partial charge in [-0.15, -0.1) is 5.10 Å². The van der Waals surface area contributed by atoms with Gasteiger partial charge in [0.1, 0.15) is 5.82 Å². The average Bonchev–Trinajstić information content (AvgIpc) is 2.75. The first-order chi connectivity index (χ1) is 13.3. The predicted octanol–water partition coefficient (Wildman–Crippen LogP) is 2.77. The van der Waals surface area contributed by atoms with Gasteiger partial charge in [-0.1, -0.05) is 36.4 Å². The molecule has 2 aromatic heterocycles. The standard InChI is InChI=1S/C20H23N7/c1-16(17-7-3-2-4-8-17)23-18-15-22-25-20(24-18)27-13-11-26(12-14-27)19-9-5-6-10-21-19/h2-10,15-16H,11-14H2,1H3,(H,23,24,25). The summed E-state index contributed by atoms with van der Waals surface area (Å²) in [6, 6.07) is 16.5. The maximum atomic E-state index is 4.67. The molecular weight excluding hydrogens is 338 g/mol. The largest absolute Gasteiger partial charge is 0.362 e. The van der Waals surface area contributed by atoms with E-state index in [0.717, 1.165) is 37.8 Å². The number of anilines is 3. The summed E-state index contributed by atoms with van der Waals surface area (Å²) < 4.78 is 0. The van der Waals surface area contributed by atoms with Crippen LogP contribution in [0.15, 0.2) is 60.9 Å². The third-order valence-corrected chi connectivity index (χ3v) is 4.75. The van der Waals surface area contributed by atoms with Gasteiger partial charge in [0, 0.05) is 38.4 Å².